The number of pyridine rings is 1. The molecule has 1 aliphatic heterocycles. The van der Waals surface area contributed by atoms with Crippen molar-refractivity contribution in [3.05, 3.63) is 51.8 Å². The summed E-state index contributed by atoms with van der Waals surface area (Å²) < 4.78 is 12.2. The van der Waals surface area contributed by atoms with Gasteiger partial charge >= 0.3 is 0 Å². The normalized spacial score (nSPS) is 18.0. The molecule has 1 fully saturated rings. The first kappa shape index (κ1) is 20.6. The van der Waals surface area contributed by atoms with Crippen LogP contribution in [0.5, 0.6) is 5.75 Å². The molecule has 0 bridgehead atoms. The van der Waals surface area contributed by atoms with Gasteiger partial charge in [0, 0.05) is 35.8 Å². The highest BCUT2D eigenvalue weighted by Crippen LogP contribution is 2.34. The van der Waals surface area contributed by atoms with E-state index in [4.69, 9.17) is 38.1 Å². The minimum Gasteiger partial charge on any atom is -0.486 e. The molecule has 0 aliphatic carbocycles. The van der Waals surface area contributed by atoms with Crippen LogP contribution in [0.1, 0.15) is 43.4 Å². The van der Waals surface area contributed by atoms with Crippen molar-refractivity contribution in [2.75, 3.05) is 11.9 Å². The Hall–Kier alpha value is -1.09. The van der Waals surface area contributed by atoms with E-state index >= 15 is 0 Å². The molecule has 1 aliphatic rings. The summed E-state index contributed by atoms with van der Waals surface area (Å²) >= 11 is 14.4. The Morgan fingerprint density at radius 1 is 1.33 bits per heavy atom. The molecule has 2 aromatic rings. The fourth-order valence-electron chi connectivity index (χ4n) is 3.00. The predicted molar refractivity (Wildman–Crippen MR) is 118 cm³/mol. The van der Waals surface area contributed by atoms with Crippen molar-refractivity contribution < 1.29 is 9.47 Å². The van der Waals surface area contributed by atoms with Gasteiger partial charge in [-0.3, -0.25) is 10.4 Å². The van der Waals surface area contributed by atoms with Crippen molar-refractivity contribution in [3.8, 4) is 5.75 Å². The van der Waals surface area contributed by atoms with Crippen molar-refractivity contribution in [3.63, 3.8) is 0 Å². The van der Waals surface area contributed by atoms with Crippen molar-refractivity contribution >= 4 is 55.2 Å². The second kappa shape index (κ2) is 9.41. The van der Waals surface area contributed by atoms with Crippen molar-refractivity contribution in [1.82, 2.24) is 4.98 Å². The Bertz CT molecular complexity index is 808. The van der Waals surface area contributed by atoms with Crippen molar-refractivity contribution in [2.45, 2.75) is 38.5 Å². The van der Waals surface area contributed by atoms with Gasteiger partial charge in [-0.25, -0.2) is 0 Å². The summed E-state index contributed by atoms with van der Waals surface area (Å²) in [7, 11) is 0. The fourth-order valence-corrected chi connectivity index (χ4v) is 4.12. The number of ether oxygens (including phenoxy) is 2. The van der Waals surface area contributed by atoms with Gasteiger partial charge in [0.1, 0.15) is 21.8 Å². The first-order chi connectivity index (χ1) is 13.0. The van der Waals surface area contributed by atoms with Crippen LogP contribution in [0, 0.1) is 5.41 Å². The Labute approximate surface area is 182 Å². The highest BCUT2D eigenvalue weighted by Gasteiger charge is 2.19. The first-order valence-corrected chi connectivity index (χ1v) is 10.5. The van der Waals surface area contributed by atoms with E-state index in [1.54, 1.807) is 12.4 Å². The van der Waals surface area contributed by atoms with Crippen LogP contribution in [-0.4, -0.2) is 21.5 Å². The second-order valence-corrected chi connectivity index (χ2v) is 8.19. The molecule has 2 N–H and O–H groups in total. The number of aromatic nitrogens is 1. The molecule has 3 rings (SSSR count). The maximum absolute atomic E-state index is 8.10. The molecule has 1 saturated heterocycles. The van der Waals surface area contributed by atoms with Crippen LogP contribution in [-0.2, 0) is 4.74 Å². The number of hydrogen-bond donors (Lipinski definition) is 2. The van der Waals surface area contributed by atoms with Crippen LogP contribution in [0.3, 0.4) is 0 Å². The van der Waals surface area contributed by atoms with E-state index in [-0.39, 0.29) is 12.3 Å². The number of nitrogens with zero attached hydrogens (tertiary/aromatic N) is 1. The summed E-state index contributed by atoms with van der Waals surface area (Å²) in [4.78, 5) is 3.97. The molecule has 8 heteroatoms. The molecule has 144 valence electrons. The third kappa shape index (κ3) is 5.25. The Balaban J connectivity index is 1.80. The van der Waals surface area contributed by atoms with Crippen LogP contribution >= 0.6 is 45.8 Å². The van der Waals surface area contributed by atoms with Crippen LogP contribution < -0.4 is 10.1 Å². The molecule has 2 heterocycles. The van der Waals surface area contributed by atoms with Crippen molar-refractivity contribution in [1.29, 1.82) is 5.41 Å². The molecule has 2 atom stereocenters. The SMILES string of the molecule is CC(Oc1ccc(NC2CCCCO2)c(C(=N)I)c1)c1c(Cl)cncc1Cl. The van der Waals surface area contributed by atoms with Gasteiger partial charge in [0.15, 0.2) is 0 Å². The van der Waals surface area contributed by atoms with Gasteiger partial charge in [0.2, 0.25) is 0 Å². The van der Waals surface area contributed by atoms with Crippen LogP contribution in [0.15, 0.2) is 30.6 Å². The van der Waals surface area contributed by atoms with Crippen molar-refractivity contribution in [2.24, 2.45) is 0 Å². The molecule has 5 nitrogen and oxygen atoms in total. The number of anilines is 1. The quantitative estimate of drug-likeness (QED) is 0.351. The zero-order chi connectivity index (χ0) is 19.4. The molecule has 2 unspecified atom stereocenters. The van der Waals surface area contributed by atoms with Gasteiger partial charge in [-0.2, -0.15) is 0 Å². The van der Waals surface area contributed by atoms with E-state index in [1.807, 2.05) is 47.7 Å². The number of hydrogen-bond acceptors (Lipinski definition) is 5. The zero-order valence-electron chi connectivity index (χ0n) is 14.8. The van der Waals surface area contributed by atoms with E-state index in [1.165, 1.54) is 0 Å². The summed E-state index contributed by atoms with van der Waals surface area (Å²) in [5, 5.41) is 12.4. The Morgan fingerprint density at radius 3 is 2.70 bits per heavy atom. The molecular weight excluding hydrogens is 500 g/mol. The lowest BCUT2D eigenvalue weighted by molar-refractivity contribution is 0.0343. The van der Waals surface area contributed by atoms with Gasteiger partial charge < -0.3 is 14.8 Å². The maximum atomic E-state index is 8.10. The number of benzene rings is 1. The molecule has 0 radical (unpaired) electrons. The zero-order valence-corrected chi connectivity index (χ0v) is 18.4. The minimum absolute atomic E-state index is 0.0200. The molecular formula is C19H20Cl2IN3O2. The molecule has 0 amide bonds. The lowest BCUT2D eigenvalue weighted by Gasteiger charge is -2.26. The highest BCUT2D eigenvalue weighted by atomic mass is 127. The van der Waals surface area contributed by atoms with E-state index in [2.05, 4.69) is 10.3 Å². The lowest BCUT2D eigenvalue weighted by atomic mass is 10.1. The van der Waals surface area contributed by atoms with Crippen LogP contribution in [0.4, 0.5) is 5.69 Å². The van der Waals surface area contributed by atoms with Gasteiger partial charge in [-0.15, -0.1) is 0 Å². The van der Waals surface area contributed by atoms with E-state index < -0.39 is 0 Å². The minimum atomic E-state index is -0.357. The number of rotatable bonds is 6. The summed E-state index contributed by atoms with van der Waals surface area (Å²) in [6, 6.07) is 5.63. The highest BCUT2D eigenvalue weighted by molar-refractivity contribution is 14.1. The van der Waals surface area contributed by atoms with E-state index in [9.17, 15) is 0 Å². The molecule has 0 spiro atoms. The third-order valence-corrected chi connectivity index (χ3v) is 5.52. The molecule has 27 heavy (non-hydrogen) atoms. The number of nitrogens with one attached hydrogen (secondary N) is 2. The molecule has 1 aromatic carbocycles. The average molecular weight is 520 g/mol. The largest absolute Gasteiger partial charge is 0.486 e. The number of halogens is 3. The summed E-state index contributed by atoms with van der Waals surface area (Å²) in [6.07, 6.45) is 5.91. The van der Waals surface area contributed by atoms with E-state index in [0.29, 0.717) is 25.1 Å². The topological polar surface area (TPSA) is 67.2 Å². The monoisotopic (exact) mass is 519 g/mol. The van der Waals surface area contributed by atoms with Gasteiger partial charge in [0.05, 0.1) is 10.0 Å². The lowest BCUT2D eigenvalue weighted by Crippen LogP contribution is -2.27. The van der Waals surface area contributed by atoms with Gasteiger partial charge in [-0.05, 0) is 67.0 Å². The predicted octanol–water partition coefficient (Wildman–Crippen LogP) is 6.23. The maximum Gasteiger partial charge on any atom is 0.127 e. The van der Waals surface area contributed by atoms with Gasteiger partial charge in [-0.1, -0.05) is 23.2 Å². The average Bonchev–Trinajstić information content (AvgIpc) is 2.63. The summed E-state index contributed by atoms with van der Waals surface area (Å²) in [5.74, 6) is 0.637. The molecule has 0 saturated carbocycles. The van der Waals surface area contributed by atoms with Gasteiger partial charge in [0.25, 0.3) is 0 Å². The second-order valence-electron chi connectivity index (χ2n) is 6.30. The summed E-state index contributed by atoms with van der Waals surface area (Å²) in [5.41, 5.74) is 2.32. The third-order valence-electron chi connectivity index (χ3n) is 4.33. The fraction of sp³-hybridized carbons (Fsp3) is 0.368. The summed E-state index contributed by atoms with van der Waals surface area (Å²) in [6.45, 7) is 2.64. The Kier molecular flexibility index (Phi) is 7.19. The Morgan fingerprint density at radius 2 is 2.07 bits per heavy atom. The smallest absolute Gasteiger partial charge is 0.127 e. The standard InChI is InChI=1S/C19H20Cl2IN3O2/c1-11(18-14(20)9-24-10-15(18)21)27-12-5-6-16(13(8-12)19(22)23)25-17-4-2-3-7-26-17/h5-6,8-11,17,23,25H,2-4,7H2,1H3. The van der Waals surface area contributed by atoms with Crippen LogP contribution in [0.2, 0.25) is 10.0 Å². The molecule has 1 aromatic heterocycles. The van der Waals surface area contributed by atoms with Crippen LogP contribution in [0.25, 0.3) is 0 Å². The first-order valence-electron chi connectivity index (χ1n) is 8.68. The van der Waals surface area contributed by atoms with E-state index in [0.717, 1.165) is 37.1 Å².